The van der Waals surface area contributed by atoms with Crippen LogP contribution in [0.25, 0.3) is 0 Å². The molecule has 0 aliphatic carbocycles. The van der Waals surface area contributed by atoms with Crippen molar-refractivity contribution in [3.8, 4) is 0 Å². The Bertz CT molecular complexity index is 254. The minimum Gasteiger partial charge on any atom is -0.329 e. The first-order valence-corrected chi connectivity index (χ1v) is 5.79. The van der Waals surface area contributed by atoms with Crippen LogP contribution in [0.3, 0.4) is 0 Å². The fourth-order valence-electron chi connectivity index (χ4n) is 1.99. The largest absolute Gasteiger partial charge is 0.329 e. The van der Waals surface area contributed by atoms with Crippen molar-refractivity contribution in [2.45, 2.75) is 26.3 Å². The van der Waals surface area contributed by atoms with Crippen molar-refractivity contribution < 1.29 is 0 Å². The summed E-state index contributed by atoms with van der Waals surface area (Å²) in [5, 5.41) is 0. The zero-order valence-electron chi connectivity index (χ0n) is 9.82. The highest BCUT2D eigenvalue weighted by molar-refractivity contribution is 5.16. The minimum atomic E-state index is 0.474. The molecule has 2 N–H and O–H groups in total. The number of nitrogens with zero attached hydrogens (tertiary/aromatic N) is 1. The summed E-state index contributed by atoms with van der Waals surface area (Å²) in [6.45, 7) is 7.27. The lowest BCUT2D eigenvalue weighted by Crippen LogP contribution is -2.41. The third kappa shape index (κ3) is 3.65. The molecule has 0 saturated heterocycles. The molecule has 0 saturated carbocycles. The number of rotatable bonds is 6. The van der Waals surface area contributed by atoms with Gasteiger partial charge in [0, 0.05) is 12.6 Å². The third-order valence-electron chi connectivity index (χ3n) is 2.91. The van der Waals surface area contributed by atoms with Crippen molar-refractivity contribution in [3.05, 3.63) is 35.9 Å². The molecule has 0 spiro atoms. The van der Waals surface area contributed by atoms with Crippen molar-refractivity contribution in [1.29, 1.82) is 0 Å². The number of benzene rings is 1. The summed E-state index contributed by atoms with van der Waals surface area (Å²) in [5.41, 5.74) is 7.21. The first kappa shape index (κ1) is 12.2. The van der Waals surface area contributed by atoms with Gasteiger partial charge in [0.2, 0.25) is 0 Å². The van der Waals surface area contributed by atoms with Crippen LogP contribution in [0.2, 0.25) is 0 Å². The van der Waals surface area contributed by atoms with E-state index in [2.05, 4.69) is 49.1 Å². The van der Waals surface area contributed by atoms with Crippen molar-refractivity contribution in [1.82, 2.24) is 4.90 Å². The van der Waals surface area contributed by atoms with Gasteiger partial charge in [0.1, 0.15) is 0 Å². The fraction of sp³-hybridized carbons (Fsp3) is 0.538. The molecule has 0 aliphatic rings. The van der Waals surface area contributed by atoms with Crippen LogP contribution in [0, 0.1) is 0 Å². The van der Waals surface area contributed by atoms with E-state index in [1.807, 2.05) is 0 Å². The summed E-state index contributed by atoms with van der Waals surface area (Å²) < 4.78 is 0. The van der Waals surface area contributed by atoms with Gasteiger partial charge in [-0.25, -0.2) is 0 Å². The van der Waals surface area contributed by atoms with Crippen molar-refractivity contribution in [2.75, 3.05) is 19.6 Å². The lowest BCUT2D eigenvalue weighted by Gasteiger charge is -2.28. The van der Waals surface area contributed by atoms with Crippen LogP contribution < -0.4 is 5.73 Å². The maximum absolute atomic E-state index is 5.83. The number of nitrogens with two attached hydrogens (primary N) is 1. The Kier molecular flexibility index (Phi) is 5.37. The smallest absolute Gasteiger partial charge is 0.0258 e. The summed E-state index contributed by atoms with van der Waals surface area (Å²) >= 11 is 0. The second-order valence-corrected chi connectivity index (χ2v) is 3.80. The normalized spacial score (nSPS) is 13.1. The Hall–Kier alpha value is -0.860. The molecule has 2 nitrogen and oxygen atoms in total. The number of hydrogen-bond acceptors (Lipinski definition) is 2. The van der Waals surface area contributed by atoms with E-state index in [1.165, 1.54) is 5.56 Å². The lowest BCUT2D eigenvalue weighted by atomic mass is 10.0. The van der Waals surface area contributed by atoms with Crippen LogP contribution in [0.5, 0.6) is 0 Å². The molecule has 0 fully saturated rings. The Balaban J connectivity index is 2.61. The molecule has 15 heavy (non-hydrogen) atoms. The topological polar surface area (TPSA) is 29.3 Å². The summed E-state index contributed by atoms with van der Waals surface area (Å²) in [7, 11) is 0. The van der Waals surface area contributed by atoms with Gasteiger partial charge < -0.3 is 5.73 Å². The predicted octanol–water partition coefficient (Wildman–Crippen LogP) is 1.90. The van der Waals surface area contributed by atoms with E-state index in [1.54, 1.807) is 0 Å². The molecule has 0 amide bonds. The van der Waals surface area contributed by atoms with Gasteiger partial charge in [0.05, 0.1) is 0 Å². The van der Waals surface area contributed by atoms with Gasteiger partial charge >= 0.3 is 0 Å². The molecule has 0 aliphatic heterocycles. The van der Waals surface area contributed by atoms with E-state index in [0.29, 0.717) is 6.04 Å². The molecule has 0 bridgehead atoms. The van der Waals surface area contributed by atoms with E-state index in [0.717, 1.165) is 26.1 Å². The van der Waals surface area contributed by atoms with E-state index >= 15 is 0 Å². The summed E-state index contributed by atoms with van der Waals surface area (Å²) in [6, 6.07) is 11.1. The van der Waals surface area contributed by atoms with Crippen molar-refractivity contribution in [2.24, 2.45) is 5.73 Å². The van der Waals surface area contributed by atoms with Gasteiger partial charge in [-0.15, -0.1) is 0 Å². The Labute approximate surface area is 93.1 Å². The van der Waals surface area contributed by atoms with Gasteiger partial charge in [-0.2, -0.15) is 0 Å². The standard InChI is InChI=1S/C13H22N2/c1-3-15(4-2)13(11-14)10-12-8-6-5-7-9-12/h5-9,13H,3-4,10-11,14H2,1-2H3/t13-/m1/s1. The fourth-order valence-corrected chi connectivity index (χ4v) is 1.99. The van der Waals surface area contributed by atoms with Crippen molar-refractivity contribution >= 4 is 0 Å². The van der Waals surface area contributed by atoms with Crippen LogP contribution in [0.1, 0.15) is 19.4 Å². The predicted molar refractivity (Wildman–Crippen MR) is 65.9 cm³/mol. The van der Waals surface area contributed by atoms with Gasteiger partial charge in [0.15, 0.2) is 0 Å². The molecule has 0 unspecified atom stereocenters. The van der Waals surface area contributed by atoms with Crippen LogP contribution in [-0.4, -0.2) is 30.6 Å². The molecule has 1 rings (SSSR count). The molecule has 1 aromatic carbocycles. The molecule has 0 aromatic heterocycles. The second-order valence-electron chi connectivity index (χ2n) is 3.80. The SMILES string of the molecule is CCN(CC)[C@@H](CN)Cc1ccccc1. The van der Waals surface area contributed by atoms with Crippen LogP contribution in [-0.2, 0) is 6.42 Å². The third-order valence-corrected chi connectivity index (χ3v) is 2.91. The number of hydrogen-bond donors (Lipinski definition) is 1. The van der Waals surface area contributed by atoms with Crippen LogP contribution in [0.15, 0.2) is 30.3 Å². The monoisotopic (exact) mass is 206 g/mol. The zero-order chi connectivity index (χ0) is 11.1. The Morgan fingerprint density at radius 1 is 1.13 bits per heavy atom. The first-order valence-electron chi connectivity index (χ1n) is 5.79. The van der Waals surface area contributed by atoms with E-state index in [9.17, 15) is 0 Å². The zero-order valence-corrected chi connectivity index (χ0v) is 9.82. The maximum Gasteiger partial charge on any atom is 0.0258 e. The lowest BCUT2D eigenvalue weighted by molar-refractivity contribution is 0.220. The average molecular weight is 206 g/mol. The van der Waals surface area contributed by atoms with Gasteiger partial charge in [0.25, 0.3) is 0 Å². The Morgan fingerprint density at radius 3 is 2.20 bits per heavy atom. The first-order chi connectivity index (χ1) is 7.31. The molecule has 1 aromatic rings. The summed E-state index contributed by atoms with van der Waals surface area (Å²) in [5.74, 6) is 0. The Morgan fingerprint density at radius 2 is 1.73 bits per heavy atom. The molecule has 84 valence electrons. The maximum atomic E-state index is 5.83. The molecule has 1 atom stereocenters. The van der Waals surface area contributed by atoms with Gasteiger partial charge in [-0.3, -0.25) is 4.90 Å². The van der Waals surface area contributed by atoms with E-state index in [4.69, 9.17) is 5.73 Å². The van der Waals surface area contributed by atoms with Gasteiger partial charge in [-0.1, -0.05) is 44.2 Å². The highest BCUT2D eigenvalue weighted by Gasteiger charge is 2.13. The molecular weight excluding hydrogens is 184 g/mol. The molecule has 2 heteroatoms. The number of likely N-dealkylation sites (N-methyl/N-ethyl adjacent to an activating group) is 1. The molecular formula is C13H22N2. The van der Waals surface area contributed by atoms with Crippen LogP contribution in [0.4, 0.5) is 0 Å². The minimum absolute atomic E-state index is 0.474. The van der Waals surface area contributed by atoms with E-state index < -0.39 is 0 Å². The quantitative estimate of drug-likeness (QED) is 0.770. The summed E-state index contributed by atoms with van der Waals surface area (Å²) in [6.07, 6.45) is 1.05. The molecule has 0 radical (unpaired) electrons. The van der Waals surface area contributed by atoms with Crippen LogP contribution >= 0.6 is 0 Å². The van der Waals surface area contributed by atoms with Crippen molar-refractivity contribution in [3.63, 3.8) is 0 Å². The second kappa shape index (κ2) is 6.59. The van der Waals surface area contributed by atoms with E-state index in [-0.39, 0.29) is 0 Å². The average Bonchev–Trinajstić information content (AvgIpc) is 2.30. The summed E-state index contributed by atoms with van der Waals surface area (Å²) in [4.78, 5) is 2.42. The van der Waals surface area contributed by atoms with Gasteiger partial charge in [-0.05, 0) is 25.1 Å². The molecule has 0 heterocycles. The highest BCUT2D eigenvalue weighted by atomic mass is 15.1. The highest BCUT2D eigenvalue weighted by Crippen LogP contribution is 2.07.